The molecule has 0 saturated carbocycles. The summed E-state index contributed by atoms with van der Waals surface area (Å²) >= 11 is 0. The van der Waals surface area contributed by atoms with Crippen LogP contribution < -0.4 is 15.0 Å². The third-order valence-corrected chi connectivity index (χ3v) is 6.54. The lowest BCUT2D eigenvalue weighted by Crippen LogP contribution is -2.35. The number of rotatable bonds is 13. The molecule has 0 radical (unpaired) electrons. The molecule has 1 amide bonds. The molecule has 0 unspecified atom stereocenters. The Balaban J connectivity index is 1.40. The zero-order valence-corrected chi connectivity index (χ0v) is 23.1. The first-order valence-electron chi connectivity index (χ1n) is 13.4. The first-order chi connectivity index (χ1) is 20.2. The number of hydrogen-bond acceptors (Lipinski definition) is 5. The van der Waals surface area contributed by atoms with E-state index in [-0.39, 0.29) is 36.6 Å². The van der Waals surface area contributed by atoms with Crippen molar-refractivity contribution in [3.05, 3.63) is 138 Å². The number of ketones is 1. The SMILES string of the molecule is C=C(C)C(=O)N(CCOc1ccc(C[C@H](Nc2ccccc2C(=O)c2ccccc2)C(=O)O)cc1)c1ccccc1F. The molecule has 4 aromatic carbocycles. The van der Waals surface area contributed by atoms with Gasteiger partial charge in [0.1, 0.15) is 24.2 Å². The van der Waals surface area contributed by atoms with Crippen LogP contribution in [0.25, 0.3) is 0 Å². The van der Waals surface area contributed by atoms with Crippen LogP contribution >= 0.6 is 0 Å². The third-order valence-electron chi connectivity index (χ3n) is 6.54. The Labute approximate surface area is 243 Å². The van der Waals surface area contributed by atoms with Gasteiger partial charge in [-0.25, -0.2) is 9.18 Å². The molecule has 4 rings (SSSR count). The number of aliphatic carboxylic acids is 1. The second kappa shape index (κ2) is 13.9. The van der Waals surface area contributed by atoms with E-state index in [4.69, 9.17) is 4.74 Å². The number of carboxylic acid groups (broad SMARTS) is 1. The lowest BCUT2D eigenvalue weighted by atomic mass is 10.00. The van der Waals surface area contributed by atoms with Gasteiger partial charge in [0.2, 0.25) is 0 Å². The number of nitrogens with zero attached hydrogens (tertiary/aromatic N) is 1. The topological polar surface area (TPSA) is 95.9 Å². The monoisotopic (exact) mass is 566 g/mol. The number of nitrogens with one attached hydrogen (secondary N) is 1. The smallest absolute Gasteiger partial charge is 0.326 e. The number of halogens is 1. The fraction of sp³-hybridized carbons (Fsp3) is 0.147. The number of hydrogen-bond donors (Lipinski definition) is 2. The summed E-state index contributed by atoms with van der Waals surface area (Å²) in [4.78, 5) is 39.1. The molecule has 1 atom stereocenters. The summed E-state index contributed by atoms with van der Waals surface area (Å²) in [6.07, 6.45) is 0.150. The Kier molecular flexibility index (Phi) is 9.84. The zero-order chi connectivity index (χ0) is 30.1. The number of carbonyl (C=O) groups is 3. The van der Waals surface area contributed by atoms with Crippen LogP contribution in [0, 0.1) is 5.82 Å². The van der Waals surface area contributed by atoms with Crippen LogP contribution in [0.2, 0.25) is 0 Å². The molecule has 2 N–H and O–H groups in total. The summed E-state index contributed by atoms with van der Waals surface area (Å²) in [5.41, 5.74) is 2.48. The second-order valence-corrected chi connectivity index (χ2v) is 9.66. The largest absolute Gasteiger partial charge is 0.492 e. The minimum atomic E-state index is -1.06. The molecule has 7 nitrogen and oxygen atoms in total. The summed E-state index contributed by atoms with van der Waals surface area (Å²) in [5.74, 6) is -1.69. The number of ether oxygens (including phenoxy) is 1. The minimum Gasteiger partial charge on any atom is -0.492 e. The Morgan fingerprint density at radius 3 is 2.21 bits per heavy atom. The average Bonchev–Trinajstić information content (AvgIpc) is 3.00. The molecule has 8 heteroatoms. The zero-order valence-electron chi connectivity index (χ0n) is 23.1. The highest BCUT2D eigenvalue weighted by molar-refractivity contribution is 6.12. The van der Waals surface area contributed by atoms with E-state index < -0.39 is 23.7 Å². The van der Waals surface area contributed by atoms with Gasteiger partial charge in [0.15, 0.2) is 5.78 Å². The summed E-state index contributed by atoms with van der Waals surface area (Å²) < 4.78 is 20.2. The second-order valence-electron chi connectivity index (χ2n) is 9.66. The fourth-order valence-corrected chi connectivity index (χ4v) is 4.38. The van der Waals surface area contributed by atoms with Crippen LogP contribution in [-0.2, 0) is 16.0 Å². The standard InChI is InChI=1S/C34H31FN2O5/c1-23(2)33(39)37(31-15-9-7-13-28(31)35)20-21-42-26-18-16-24(17-19-26)22-30(34(40)41)36-29-14-8-6-12-27(29)32(38)25-10-4-3-5-11-25/h3-19,30,36H,1,20-22H2,2H3,(H,40,41)/t30-/m0/s1. The lowest BCUT2D eigenvalue weighted by molar-refractivity contribution is -0.137. The summed E-state index contributed by atoms with van der Waals surface area (Å²) in [6.45, 7) is 5.44. The van der Waals surface area contributed by atoms with Crippen molar-refractivity contribution in [2.75, 3.05) is 23.4 Å². The third kappa shape index (κ3) is 7.48. The van der Waals surface area contributed by atoms with Gasteiger partial charge in [-0.3, -0.25) is 9.59 Å². The van der Waals surface area contributed by atoms with Crippen molar-refractivity contribution < 1.29 is 28.6 Å². The van der Waals surface area contributed by atoms with Crippen molar-refractivity contribution >= 4 is 29.0 Å². The number of benzene rings is 4. The van der Waals surface area contributed by atoms with Crippen molar-refractivity contribution in [1.82, 2.24) is 0 Å². The van der Waals surface area contributed by atoms with Gasteiger partial charge in [0.05, 0.1) is 12.2 Å². The van der Waals surface area contributed by atoms with E-state index in [0.717, 1.165) is 5.56 Å². The molecular formula is C34H31FN2O5. The van der Waals surface area contributed by atoms with Gasteiger partial charge in [-0.05, 0) is 48.9 Å². The predicted octanol–water partition coefficient (Wildman–Crippen LogP) is 6.15. The van der Waals surface area contributed by atoms with Crippen molar-refractivity contribution in [3.63, 3.8) is 0 Å². The van der Waals surface area contributed by atoms with E-state index in [0.29, 0.717) is 22.6 Å². The van der Waals surface area contributed by atoms with Crippen LogP contribution in [-0.4, -0.2) is 42.0 Å². The highest BCUT2D eigenvalue weighted by Crippen LogP contribution is 2.23. The maximum atomic E-state index is 14.4. The molecule has 0 fully saturated rings. The molecule has 0 bridgehead atoms. The van der Waals surface area contributed by atoms with Crippen molar-refractivity contribution in [2.45, 2.75) is 19.4 Å². The lowest BCUT2D eigenvalue weighted by Gasteiger charge is -2.23. The maximum Gasteiger partial charge on any atom is 0.326 e. The first kappa shape index (κ1) is 29.7. The number of anilines is 2. The van der Waals surface area contributed by atoms with Crippen molar-refractivity contribution in [2.24, 2.45) is 0 Å². The number of carbonyl (C=O) groups excluding carboxylic acids is 2. The Morgan fingerprint density at radius 1 is 0.905 bits per heavy atom. The summed E-state index contributed by atoms with van der Waals surface area (Å²) in [5, 5.41) is 12.9. The Hall–Kier alpha value is -5.24. The van der Waals surface area contributed by atoms with Gasteiger partial charge in [-0.15, -0.1) is 0 Å². The van der Waals surface area contributed by atoms with Crippen LogP contribution in [0.15, 0.2) is 115 Å². The first-order valence-corrected chi connectivity index (χ1v) is 13.4. The molecule has 214 valence electrons. The maximum absolute atomic E-state index is 14.4. The van der Waals surface area contributed by atoms with E-state index in [1.165, 1.54) is 17.0 Å². The highest BCUT2D eigenvalue weighted by atomic mass is 19.1. The normalized spacial score (nSPS) is 11.3. The molecule has 0 aliphatic rings. The van der Waals surface area contributed by atoms with Gasteiger partial charge in [0.25, 0.3) is 5.91 Å². The number of amides is 1. The molecule has 4 aromatic rings. The van der Waals surface area contributed by atoms with Gasteiger partial charge in [-0.1, -0.05) is 73.3 Å². The van der Waals surface area contributed by atoms with Crippen LogP contribution in [0.4, 0.5) is 15.8 Å². The average molecular weight is 567 g/mol. The molecule has 0 aromatic heterocycles. The number of carboxylic acids is 1. The summed E-state index contributed by atoms with van der Waals surface area (Å²) in [7, 11) is 0. The molecule has 0 aliphatic carbocycles. The fourth-order valence-electron chi connectivity index (χ4n) is 4.38. The van der Waals surface area contributed by atoms with Gasteiger partial charge < -0.3 is 20.1 Å². The van der Waals surface area contributed by atoms with Crippen molar-refractivity contribution in [3.8, 4) is 5.75 Å². The minimum absolute atomic E-state index is 0.0955. The van der Waals surface area contributed by atoms with Crippen LogP contribution in [0.3, 0.4) is 0 Å². The highest BCUT2D eigenvalue weighted by Gasteiger charge is 2.22. The van der Waals surface area contributed by atoms with E-state index >= 15 is 0 Å². The number of para-hydroxylation sites is 2. The van der Waals surface area contributed by atoms with Gasteiger partial charge in [0, 0.05) is 28.8 Å². The van der Waals surface area contributed by atoms with E-state index in [1.54, 1.807) is 91.9 Å². The van der Waals surface area contributed by atoms with E-state index in [2.05, 4.69) is 11.9 Å². The van der Waals surface area contributed by atoms with Gasteiger partial charge >= 0.3 is 5.97 Å². The van der Waals surface area contributed by atoms with E-state index in [9.17, 15) is 23.9 Å². The molecule has 0 spiro atoms. The quantitative estimate of drug-likeness (QED) is 0.149. The van der Waals surface area contributed by atoms with E-state index in [1.807, 2.05) is 6.07 Å². The molecule has 42 heavy (non-hydrogen) atoms. The van der Waals surface area contributed by atoms with Crippen LogP contribution in [0.1, 0.15) is 28.4 Å². The molecule has 0 saturated heterocycles. The Bertz CT molecular complexity index is 1570. The summed E-state index contributed by atoms with van der Waals surface area (Å²) in [6, 6.07) is 27.6. The van der Waals surface area contributed by atoms with Gasteiger partial charge in [-0.2, -0.15) is 0 Å². The molecule has 0 heterocycles. The molecule has 0 aliphatic heterocycles. The molecular weight excluding hydrogens is 535 g/mol. The Morgan fingerprint density at radius 2 is 1.55 bits per heavy atom. The van der Waals surface area contributed by atoms with Crippen molar-refractivity contribution in [1.29, 1.82) is 0 Å². The van der Waals surface area contributed by atoms with Crippen LogP contribution in [0.5, 0.6) is 5.75 Å². The predicted molar refractivity (Wildman–Crippen MR) is 161 cm³/mol.